The van der Waals surface area contributed by atoms with Crippen molar-refractivity contribution < 1.29 is 9.59 Å². The van der Waals surface area contributed by atoms with E-state index in [1.54, 1.807) is 0 Å². The maximum absolute atomic E-state index is 12.5. The summed E-state index contributed by atoms with van der Waals surface area (Å²) >= 11 is 1.41. The minimum atomic E-state index is -0.376. The Morgan fingerprint density at radius 1 is 1.33 bits per heavy atom. The van der Waals surface area contributed by atoms with Gasteiger partial charge < -0.3 is 5.32 Å². The molecule has 1 aliphatic heterocycles. The third kappa shape index (κ3) is 2.84. The van der Waals surface area contributed by atoms with Crippen molar-refractivity contribution in [2.45, 2.75) is 36.0 Å². The average molecular weight is 342 g/mol. The van der Waals surface area contributed by atoms with Crippen molar-refractivity contribution in [2.24, 2.45) is 0 Å². The van der Waals surface area contributed by atoms with Gasteiger partial charge in [-0.3, -0.25) is 9.69 Å². The molecule has 2 fully saturated rings. The third-order valence-corrected chi connectivity index (χ3v) is 5.38. The van der Waals surface area contributed by atoms with Gasteiger partial charge >= 0.3 is 6.03 Å². The first kappa shape index (κ1) is 15.4. The zero-order valence-corrected chi connectivity index (χ0v) is 14.2. The molecule has 6 nitrogen and oxygen atoms in total. The standard InChI is InChI=1S/C17H18N4O2S/c1-10(16(22)21-9-8-18-17(21)23)24-15-12-4-2-3-5-13(12)19-14(20-15)11-6-7-11/h2-5,10-11H,6-9H2,1H3,(H,18,23)/t10-/m1/s1. The normalized spacial score (nSPS) is 18.7. The van der Waals surface area contributed by atoms with E-state index < -0.39 is 0 Å². The van der Waals surface area contributed by atoms with Gasteiger partial charge in [0.05, 0.1) is 10.8 Å². The molecule has 1 saturated heterocycles. The van der Waals surface area contributed by atoms with E-state index in [9.17, 15) is 9.59 Å². The average Bonchev–Trinajstić information content (AvgIpc) is 3.35. The maximum Gasteiger partial charge on any atom is 0.324 e. The smallest absolute Gasteiger partial charge is 0.324 e. The van der Waals surface area contributed by atoms with E-state index in [-0.39, 0.29) is 17.2 Å². The molecule has 7 heteroatoms. The molecule has 1 atom stereocenters. The fourth-order valence-electron chi connectivity index (χ4n) is 2.80. The molecule has 2 aromatic rings. The highest BCUT2D eigenvalue weighted by Gasteiger charge is 2.32. The molecule has 1 aromatic carbocycles. The second kappa shape index (κ2) is 6.05. The first-order valence-corrected chi connectivity index (χ1v) is 9.04. The van der Waals surface area contributed by atoms with Crippen LogP contribution in [0.25, 0.3) is 10.9 Å². The highest BCUT2D eigenvalue weighted by atomic mass is 32.2. The molecule has 24 heavy (non-hydrogen) atoms. The first-order chi connectivity index (χ1) is 11.6. The van der Waals surface area contributed by atoms with Crippen molar-refractivity contribution >= 4 is 34.6 Å². The molecule has 1 saturated carbocycles. The Balaban J connectivity index is 1.63. The molecule has 3 amide bonds. The van der Waals surface area contributed by atoms with Crippen molar-refractivity contribution in [3.05, 3.63) is 30.1 Å². The molecule has 124 valence electrons. The Bertz CT molecular complexity index is 821. The van der Waals surface area contributed by atoms with Gasteiger partial charge in [0.25, 0.3) is 0 Å². The lowest BCUT2D eigenvalue weighted by Gasteiger charge is -2.18. The van der Waals surface area contributed by atoms with Crippen LogP contribution in [-0.2, 0) is 4.79 Å². The van der Waals surface area contributed by atoms with Crippen LogP contribution in [-0.4, -0.2) is 45.1 Å². The summed E-state index contributed by atoms with van der Waals surface area (Å²) in [6.45, 7) is 2.77. The number of aromatic nitrogens is 2. The van der Waals surface area contributed by atoms with Crippen LogP contribution in [0.3, 0.4) is 0 Å². The molecule has 0 bridgehead atoms. The number of hydrogen-bond donors (Lipinski definition) is 1. The molecule has 1 aliphatic carbocycles. The molecular weight excluding hydrogens is 324 g/mol. The molecular formula is C17H18N4O2S. The van der Waals surface area contributed by atoms with Crippen LogP contribution in [0.2, 0.25) is 0 Å². The van der Waals surface area contributed by atoms with Crippen molar-refractivity contribution in [1.29, 1.82) is 0 Å². The van der Waals surface area contributed by atoms with Gasteiger partial charge in [-0.2, -0.15) is 0 Å². The summed E-state index contributed by atoms with van der Waals surface area (Å²) in [5.74, 6) is 1.14. The van der Waals surface area contributed by atoms with Crippen LogP contribution in [0, 0.1) is 0 Å². The Kier molecular flexibility index (Phi) is 3.88. The van der Waals surface area contributed by atoms with Gasteiger partial charge in [0.2, 0.25) is 5.91 Å². The summed E-state index contributed by atoms with van der Waals surface area (Å²) in [6, 6.07) is 7.57. The highest BCUT2D eigenvalue weighted by molar-refractivity contribution is 8.00. The number of hydrogen-bond acceptors (Lipinski definition) is 5. The van der Waals surface area contributed by atoms with Crippen LogP contribution in [0.15, 0.2) is 29.3 Å². The topological polar surface area (TPSA) is 75.2 Å². The monoisotopic (exact) mass is 342 g/mol. The number of amides is 3. The number of carbonyl (C=O) groups excluding carboxylic acids is 2. The zero-order valence-electron chi connectivity index (χ0n) is 13.4. The van der Waals surface area contributed by atoms with E-state index in [1.807, 2.05) is 31.2 Å². The lowest BCUT2D eigenvalue weighted by Crippen LogP contribution is -2.38. The Labute approximate surface area is 144 Å². The summed E-state index contributed by atoms with van der Waals surface area (Å²) < 4.78 is 0. The summed E-state index contributed by atoms with van der Waals surface area (Å²) in [4.78, 5) is 34.9. The van der Waals surface area contributed by atoms with Gasteiger partial charge in [0, 0.05) is 24.4 Å². The number of para-hydroxylation sites is 1. The molecule has 2 heterocycles. The summed E-state index contributed by atoms with van der Waals surface area (Å²) in [6.07, 6.45) is 2.26. The minimum Gasteiger partial charge on any atom is -0.336 e. The van der Waals surface area contributed by atoms with Gasteiger partial charge in [0.1, 0.15) is 10.9 Å². The van der Waals surface area contributed by atoms with Crippen LogP contribution in [0.4, 0.5) is 4.79 Å². The number of urea groups is 1. The number of fused-ring (bicyclic) bond motifs is 1. The van der Waals surface area contributed by atoms with Crippen LogP contribution < -0.4 is 5.32 Å². The molecule has 4 rings (SSSR count). The van der Waals surface area contributed by atoms with Crippen molar-refractivity contribution in [2.75, 3.05) is 13.1 Å². The summed E-state index contributed by atoms with van der Waals surface area (Å²) in [7, 11) is 0. The lowest BCUT2D eigenvalue weighted by molar-refractivity contribution is -0.126. The van der Waals surface area contributed by atoms with Crippen molar-refractivity contribution in [3.63, 3.8) is 0 Å². The Morgan fingerprint density at radius 2 is 2.12 bits per heavy atom. The largest absolute Gasteiger partial charge is 0.336 e. The molecule has 2 aliphatic rings. The summed E-state index contributed by atoms with van der Waals surface area (Å²) in [5, 5.41) is 4.06. The molecule has 0 spiro atoms. The van der Waals surface area contributed by atoms with E-state index in [0.717, 1.165) is 34.6 Å². The second-order valence-corrected chi connectivity index (χ2v) is 7.49. The number of nitrogens with zero attached hydrogens (tertiary/aromatic N) is 3. The molecule has 1 aromatic heterocycles. The van der Waals surface area contributed by atoms with E-state index in [1.165, 1.54) is 16.7 Å². The highest BCUT2D eigenvalue weighted by Crippen LogP contribution is 2.40. The number of benzene rings is 1. The predicted molar refractivity (Wildman–Crippen MR) is 91.9 cm³/mol. The first-order valence-electron chi connectivity index (χ1n) is 8.16. The van der Waals surface area contributed by atoms with E-state index in [4.69, 9.17) is 4.98 Å². The van der Waals surface area contributed by atoms with Gasteiger partial charge in [-0.1, -0.05) is 30.0 Å². The Hall–Kier alpha value is -2.15. The maximum atomic E-state index is 12.5. The van der Waals surface area contributed by atoms with E-state index in [0.29, 0.717) is 19.0 Å². The quantitative estimate of drug-likeness (QED) is 0.683. The molecule has 0 unspecified atom stereocenters. The predicted octanol–water partition coefficient (Wildman–Crippen LogP) is 2.54. The van der Waals surface area contributed by atoms with Gasteiger partial charge in [-0.25, -0.2) is 14.8 Å². The SMILES string of the molecule is C[C@@H](Sc1nc(C2CC2)nc2ccccc12)C(=O)N1CCNC1=O. The number of thioether (sulfide) groups is 1. The van der Waals surface area contributed by atoms with Gasteiger partial charge in [0.15, 0.2) is 0 Å². The van der Waals surface area contributed by atoms with Crippen LogP contribution >= 0.6 is 11.8 Å². The van der Waals surface area contributed by atoms with Gasteiger partial charge in [-0.15, -0.1) is 0 Å². The minimum absolute atomic E-state index is 0.175. The fourth-order valence-corrected chi connectivity index (χ4v) is 3.81. The summed E-state index contributed by atoms with van der Waals surface area (Å²) in [5.41, 5.74) is 0.912. The van der Waals surface area contributed by atoms with Crippen LogP contribution in [0.5, 0.6) is 0 Å². The Morgan fingerprint density at radius 3 is 2.83 bits per heavy atom. The van der Waals surface area contributed by atoms with Crippen molar-refractivity contribution in [1.82, 2.24) is 20.2 Å². The second-order valence-electron chi connectivity index (χ2n) is 6.16. The number of carbonyl (C=O) groups is 2. The molecule has 1 N–H and O–H groups in total. The number of imide groups is 1. The van der Waals surface area contributed by atoms with Gasteiger partial charge in [-0.05, 0) is 25.8 Å². The lowest BCUT2D eigenvalue weighted by atomic mass is 10.2. The fraction of sp³-hybridized carbons (Fsp3) is 0.412. The zero-order chi connectivity index (χ0) is 16.7. The van der Waals surface area contributed by atoms with Crippen molar-refractivity contribution in [3.8, 4) is 0 Å². The third-order valence-electron chi connectivity index (χ3n) is 4.29. The number of nitrogens with one attached hydrogen (secondary N) is 1. The molecule has 0 radical (unpaired) electrons. The number of rotatable bonds is 4. The van der Waals surface area contributed by atoms with E-state index in [2.05, 4.69) is 10.3 Å². The van der Waals surface area contributed by atoms with E-state index >= 15 is 0 Å². The van der Waals surface area contributed by atoms with Crippen LogP contribution in [0.1, 0.15) is 31.5 Å².